The van der Waals surface area contributed by atoms with E-state index in [1.165, 1.54) is 50.5 Å². The average molecular weight is 273 g/mol. The molecule has 0 radical (unpaired) electrons. The van der Waals surface area contributed by atoms with Crippen molar-refractivity contribution in [3.05, 3.63) is 35.4 Å². The van der Waals surface area contributed by atoms with E-state index in [0.717, 1.165) is 18.0 Å². The second-order valence-electron chi connectivity index (χ2n) is 6.57. The zero-order valence-electron chi connectivity index (χ0n) is 13.5. The van der Waals surface area contributed by atoms with Crippen molar-refractivity contribution >= 4 is 0 Å². The molecular weight excluding hydrogens is 242 g/mol. The van der Waals surface area contributed by atoms with Crippen LogP contribution in [0.4, 0.5) is 0 Å². The normalized spacial score (nSPS) is 23.4. The summed E-state index contributed by atoms with van der Waals surface area (Å²) in [6.07, 6.45) is 9.34. The Morgan fingerprint density at radius 3 is 2.60 bits per heavy atom. The van der Waals surface area contributed by atoms with Crippen molar-refractivity contribution in [2.45, 2.75) is 83.7 Å². The van der Waals surface area contributed by atoms with Gasteiger partial charge in [-0.25, -0.2) is 0 Å². The third-order valence-corrected chi connectivity index (χ3v) is 4.67. The highest BCUT2D eigenvalue weighted by Gasteiger charge is 2.31. The minimum atomic E-state index is 0.753. The van der Waals surface area contributed by atoms with Gasteiger partial charge in [0.15, 0.2) is 0 Å². The molecule has 1 N–H and O–H groups in total. The Hall–Kier alpha value is -0.820. The lowest BCUT2D eigenvalue weighted by molar-refractivity contribution is 0.251. The maximum atomic E-state index is 3.90. The Morgan fingerprint density at radius 1 is 1.15 bits per heavy atom. The molecule has 20 heavy (non-hydrogen) atoms. The highest BCUT2D eigenvalue weighted by molar-refractivity contribution is 5.27. The van der Waals surface area contributed by atoms with Crippen LogP contribution in [-0.2, 0) is 0 Å². The van der Waals surface area contributed by atoms with E-state index < -0.39 is 0 Å². The summed E-state index contributed by atoms with van der Waals surface area (Å²) in [6.45, 7) is 6.79. The summed E-state index contributed by atoms with van der Waals surface area (Å²) >= 11 is 0. The van der Waals surface area contributed by atoms with Crippen LogP contribution >= 0.6 is 0 Å². The van der Waals surface area contributed by atoms with Gasteiger partial charge in [0, 0.05) is 12.1 Å². The molecule has 1 aromatic rings. The van der Waals surface area contributed by atoms with Crippen LogP contribution in [0.25, 0.3) is 0 Å². The van der Waals surface area contributed by atoms with Crippen LogP contribution in [0.1, 0.15) is 75.8 Å². The summed E-state index contributed by atoms with van der Waals surface area (Å²) in [5.41, 5.74) is 2.94. The van der Waals surface area contributed by atoms with Gasteiger partial charge in [-0.3, -0.25) is 0 Å². The summed E-state index contributed by atoms with van der Waals surface area (Å²) in [5, 5.41) is 3.90. The predicted molar refractivity (Wildman–Crippen MR) is 88.3 cm³/mol. The number of aryl methyl sites for hydroxylation is 1. The molecule has 0 aromatic heterocycles. The molecule has 1 fully saturated rings. The summed E-state index contributed by atoms with van der Waals surface area (Å²) < 4.78 is 0. The second-order valence-corrected chi connectivity index (χ2v) is 6.57. The first-order valence-electron chi connectivity index (χ1n) is 8.55. The van der Waals surface area contributed by atoms with E-state index in [9.17, 15) is 0 Å². The molecule has 0 amide bonds. The third kappa shape index (κ3) is 4.34. The molecule has 1 saturated carbocycles. The van der Waals surface area contributed by atoms with Crippen molar-refractivity contribution < 1.29 is 0 Å². The van der Waals surface area contributed by atoms with Crippen molar-refractivity contribution in [2.75, 3.05) is 0 Å². The molecule has 112 valence electrons. The maximum Gasteiger partial charge on any atom is 0.00813 e. The minimum absolute atomic E-state index is 0.753. The van der Waals surface area contributed by atoms with Gasteiger partial charge in [0.25, 0.3) is 0 Å². The number of hydrogen-bond donors (Lipinski definition) is 1. The van der Waals surface area contributed by atoms with Crippen LogP contribution in [0, 0.1) is 6.92 Å². The van der Waals surface area contributed by atoms with Gasteiger partial charge in [-0.15, -0.1) is 0 Å². The molecule has 1 aromatic carbocycles. The Labute approximate surface area is 125 Å². The van der Waals surface area contributed by atoms with E-state index in [1.807, 2.05) is 0 Å². The highest BCUT2D eigenvalue weighted by atomic mass is 15.0. The molecule has 2 rings (SSSR count). The summed E-state index contributed by atoms with van der Waals surface area (Å²) in [6, 6.07) is 10.6. The standard InChI is InChI=1S/C19H31N/c1-4-6-11-18(8-5-2)20-19-13-17(14-19)16-10-7-9-15(3)12-16/h7,9-10,12,17-20H,4-6,8,11,13-14H2,1-3H3. The lowest BCUT2D eigenvalue weighted by atomic mass is 9.75. The monoisotopic (exact) mass is 273 g/mol. The van der Waals surface area contributed by atoms with Gasteiger partial charge in [-0.1, -0.05) is 62.9 Å². The van der Waals surface area contributed by atoms with Crippen LogP contribution in [0.3, 0.4) is 0 Å². The molecular formula is C19H31N. The van der Waals surface area contributed by atoms with Gasteiger partial charge >= 0.3 is 0 Å². The van der Waals surface area contributed by atoms with E-state index in [0.29, 0.717) is 0 Å². The number of unbranched alkanes of at least 4 members (excludes halogenated alkanes) is 1. The highest BCUT2D eigenvalue weighted by Crippen LogP contribution is 2.37. The van der Waals surface area contributed by atoms with E-state index in [4.69, 9.17) is 0 Å². The van der Waals surface area contributed by atoms with Crippen molar-refractivity contribution in [2.24, 2.45) is 0 Å². The van der Waals surface area contributed by atoms with Gasteiger partial charge in [0.1, 0.15) is 0 Å². The van der Waals surface area contributed by atoms with E-state index in [2.05, 4.69) is 50.4 Å². The summed E-state index contributed by atoms with van der Waals surface area (Å²) in [5.74, 6) is 0.792. The van der Waals surface area contributed by atoms with Crippen molar-refractivity contribution in [3.8, 4) is 0 Å². The fourth-order valence-electron chi connectivity index (χ4n) is 3.39. The quantitative estimate of drug-likeness (QED) is 0.687. The van der Waals surface area contributed by atoms with Gasteiger partial charge < -0.3 is 5.32 Å². The Morgan fingerprint density at radius 2 is 1.95 bits per heavy atom. The first kappa shape index (κ1) is 15.6. The van der Waals surface area contributed by atoms with Crippen molar-refractivity contribution in [3.63, 3.8) is 0 Å². The van der Waals surface area contributed by atoms with Crippen LogP contribution in [0.2, 0.25) is 0 Å². The van der Waals surface area contributed by atoms with Gasteiger partial charge in [0.2, 0.25) is 0 Å². The minimum Gasteiger partial charge on any atom is -0.311 e. The summed E-state index contributed by atoms with van der Waals surface area (Å²) in [4.78, 5) is 0. The largest absolute Gasteiger partial charge is 0.311 e. The fourth-order valence-corrected chi connectivity index (χ4v) is 3.39. The number of rotatable bonds is 8. The van der Waals surface area contributed by atoms with E-state index in [1.54, 1.807) is 5.56 Å². The topological polar surface area (TPSA) is 12.0 Å². The molecule has 0 bridgehead atoms. The van der Waals surface area contributed by atoms with E-state index >= 15 is 0 Å². The Bertz CT molecular complexity index is 393. The van der Waals surface area contributed by atoms with E-state index in [-0.39, 0.29) is 0 Å². The smallest absolute Gasteiger partial charge is 0.00813 e. The third-order valence-electron chi connectivity index (χ3n) is 4.67. The Balaban J connectivity index is 1.77. The molecule has 1 unspecified atom stereocenters. The van der Waals surface area contributed by atoms with Crippen LogP contribution < -0.4 is 5.32 Å². The molecule has 0 heterocycles. The van der Waals surface area contributed by atoms with Gasteiger partial charge in [0.05, 0.1) is 0 Å². The Kier molecular flexibility index (Phi) is 6.09. The molecule has 1 aliphatic carbocycles. The SMILES string of the molecule is CCCCC(CCC)NC1CC(c2cccc(C)c2)C1. The molecule has 0 saturated heterocycles. The number of hydrogen-bond acceptors (Lipinski definition) is 1. The zero-order valence-corrected chi connectivity index (χ0v) is 13.5. The molecule has 0 aliphatic heterocycles. The average Bonchev–Trinajstić information content (AvgIpc) is 2.39. The zero-order chi connectivity index (χ0) is 14.4. The predicted octanol–water partition coefficient (Wildman–Crippen LogP) is 5.19. The van der Waals surface area contributed by atoms with Crippen molar-refractivity contribution in [1.82, 2.24) is 5.32 Å². The van der Waals surface area contributed by atoms with Crippen LogP contribution in [0.5, 0.6) is 0 Å². The summed E-state index contributed by atoms with van der Waals surface area (Å²) in [7, 11) is 0. The van der Waals surface area contributed by atoms with Crippen LogP contribution in [0.15, 0.2) is 24.3 Å². The van der Waals surface area contributed by atoms with Gasteiger partial charge in [-0.05, 0) is 44.1 Å². The number of benzene rings is 1. The maximum absolute atomic E-state index is 3.90. The molecule has 1 aliphatic rings. The first-order chi connectivity index (χ1) is 9.72. The first-order valence-corrected chi connectivity index (χ1v) is 8.55. The van der Waals surface area contributed by atoms with Crippen molar-refractivity contribution in [1.29, 1.82) is 0 Å². The molecule has 1 heteroatoms. The molecule has 1 nitrogen and oxygen atoms in total. The van der Waals surface area contributed by atoms with Gasteiger partial charge in [-0.2, -0.15) is 0 Å². The number of nitrogens with one attached hydrogen (secondary N) is 1. The lowest BCUT2D eigenvalue weighted by Gasteiger charge is -2.39. The second kappa shape index (κ2) is 7.83. The fraction of sp³-hybridized carbons (Fsp3) is 0.684. The molecule has 0 spiro atoms. The molecule has 1 atom stereocenters. The lowest BCUT2D eigenvalue weighted by Crippen LogP contribution is -2.45. The van der Waals surface area contributed by atoms with Crippen LogP contribution in [-0.4, -0.2) is 12.1 Å².